The van der Waals surface area contributed by atoms with Crippen molar-refractivity contribution in [1.29, 1.82) is 0 Å². The number of anilines is 2. The molecule has 2 atom stereocenters. The summed E-state index contributed by atoms with van der Waals surface area (Å²) in [6, 6.07) is 25.5. The lowest BCUT2D eigenvalue weighted by Crippen LogP contribution is -2.46. The van der Waals surface area contributed by atoms with E-state index in [1.165, 1.54) is 16.9 Å². The van der Waals surface area contributed by atoms with E-state index in [2.05, 4.69) is 57.2 Å². The first-order valence-electron chi connectivity index (χ1n) is 17.2. The Morgan fingerprint density at radius 2 is 1.11 bits per heavy atom. The van der Waals surface area contributed by atoms with E-state index >= 15 is 0 Å². The Bertz CT molecular complexity index is 2220. The third-order valence-corrected chi connectivity index (χ3v) is 10.5. The van der Waals surface area contributed by atoms with Crippen LogP contribution < -0.4 is 20.4 Å². The Hall–Kier alpha value is -4.47. The molecular weight excluding hydrogens is 927 g/mol. The summed E-state index contributed by atoms with van der Waals surface area (Å²) in [6.45, 7) is 4.77. The van der Waals surface area contributed by atoms with Gasteiger partial charge in [-0.3, -0.25) is 19.2 Å². The predicted octanol–water partition coefficient (Wildman–Crippen LogP) is 8.01. The summed E-state index contributed by atoms with van der Waals surface area (Å²) in [4.78, 5) is 60.5. The van der Waals surface area contributed by atoms with Crippen LogP contribution in [-0.2, 0) is 36.8 Å². The summed E-state index contributed by atoms with van der Waals surface area (Å²) >= 11 is 25.2. The molecule has 2 amide bonds. The Morgan fingerprint density at radius 3 is 1.51 bits per heavy atom. The normalized spacial score (nSPS) is 20.3. The molecule has 2 saturated heterocycles. The average molecular weight is 964 g/mol. The Kier molecular flexibility index (Phi) is 14.1. The molecule has 0 bridgehead atoms. The van der Waals surface area contributed by atoms with Crippen molar-refractivity contribution >= 4 is 114 Å². The minimum absolute atomic E-state index is 0.202. The summed E-state index contributed by atoms with van der Waals surface area (Å²) in [5, 5.41) is 16.6. The fourth-order valence-corrected chi connectivity index (χ4v) is 7.55. The molecule has 298 valence electrons. The van der Waals surface area contributed by atoms with Crippen LogP contribution in [0.1, 0.15) is 30.5 Å². The number of ether oxygens (including phenoxy) is 1. The molecule has 12 nitrogen and oxygen atoms in total. The van der Waals surface area contributed by atoms with E-state index in [4.69, 9.17) is 39.9 Å². The molecule has 2 aliphatic heterocycles. The first-order valence-corrected chi connectivity index (χ1v) is 20.0. The van der Waals surface area contributed by atoms with Crippen molar-refractivity contribution in [1.82, 2.24) is 10.6 Å². The van der Waals surface area contributed by atoms with Gasteiger partial charge in [0.15, 0.2) is 0 Å². The number of aryl methyl sites for hydroxylation is 1. The van der Waals surface area contributed by atoms with E-state index in [0.717, 1.165) is 25.6 Å². The van der Waals surface area contributed by atoms with E-state index in [-0.39, 0.29) is 30.3 Å². The molecule has 17 heteroatoms. The number of carboxylic acids is 1. The number of carbonyl (C=O) groups excluding carboxylic acids is 3. The van der Waals surface area contributed by atoms with Gasteiger partial charge >= 0.3 is 11.9 Å². The van der Waals surface area contributed by atoms with Gasteiger partial charge in [0.1, 0.15) is 24.2 Å². The zero-order valence-electron chi connectivity index (χ0n) is 31.1. The number of carbonyl (C=O) groups is 4. The maximum atomic E-state index is 13.4. The number of hydrogen-bond acceptors (Lipinski definition) is 7. The number of aliphatic carboxylic acids is 1. The molecule has 6 rings (SSSR count). The zero-order chi connectivity index (χ0) is 41.7. The first-order chi connectivity index (χ1) is 26.9. The molecule has 3 N–H and O–H groups in total. The fraction of sp³-hybridized carbons (Fsp3) is 0.250. The van der Waals surface area contributed by atoms with Crippen LogP contribution in [-0.4, -0.2) is 72.1 Å². The van der Waals surface area contributed by atoms with Gasteiger partial charge in [0.05, 0.1) is 18.5 Å². The lowest BCUT2D eigenvalue weighted by atomic mass is 9.93. The summed E-state index contributed by atoms with van der Waals surface area (Å²) in [5.41, 5.74) is 1.88. The number of amides is 2. The number of nitrogens with zero attached hydrogens (tertiary/aromatic N) is 4. The molecular formula is C40H37Br2Cl3N6O6. The van der Waals surface area contributed by atoms with E-state index in [9.17, 15) is 19.2 Å². The number of aliphatic imine (C=N–C) groups is 2. The van der Waals surface area contributed by atoms with Crippen molar-refractivity contribution in [3.63, 3.8) is 0 Å². The Balaban J connectivity index is 0.000000218. The van der Waals surface area contributed by atoms with Gasteiger partial charge in [-0.2, -0.15) is 0 Å². The van der Waals surface area contributed by atoms with Gasteiger partial charge in [0.25, 0.3) is 11.8 Å². The van der Waals surface area contributed by atoms with E-state index in [0.29, 0.717) is 39.3 Å². The Labute approximate surface area is 361 Å². The quantitative estimate of drug-likeness (QED) is 0.135. The van der Waals surface area contributed by atoms with Gasteiger partial charge in [-0.25, -0.2) is 19.8 Å². The van der Waals surface area contributed by atoms with Crippen LogP contribution in [0.25, 0.3) is 0 Å². The van der Waals surface area contributed by atoms with Crippen molar-refractivity contribution < 1.29 is 29.0 Å². The smallest absolute Gasteiger partial charge is 0.327 e. The van der Waals surface area contributed by atoms with E-state index in [1.807, 2.05) is 61.5 Å². The molecule has 57 heavy (non-hydrogen) atoms. The lowest BCUT2D eigenvalue weighted by molar-refractivity contribution is -0.139. The van der Waals surface area contributed by atoms with Crippen molar-refractivity contribution in [2.75, 3.05) is 30.0 Å². The number of carboxylic acid groups (broad SMARTS) is 1. The number of benzene rings is 4. The highest BCUT2D eigenvalue weighted by Gasteiger charge is 2.48. The highest BCUT2D eigenvalue weighted by Crippen LogP contribution is 2.33. The van der Waals surface area contributed by atoms with Crippen molar-refractivity contribution in [2.45, 2.75) is 44.7 Å². The predicted molar refractivity (Wildman–Crippen MR) is 231 cm³/mol. The van der Waals surface area contributed by atoms with E-state index in [1.54, 1.807) is 44.2 Å². The van der Waals surface area contributed by atoms with Crippen LogP contribution in [0.2, 0.25) is 15.1 Å². The topological polar surface area (TPSA) is 153 Å². The molecule has 0 spiro atoms. The fourth-order valence-electron chi connectivity index (χ4n) is 6.22. The second-order valence-corrected chi connectivity index (χ2v) is 16.8. The van der Waals surface area contributed by atoms with Crippen molar-refractivity contribution in [3.8, 4) is 0 Å². The summed E-state index contributed by atoms with van der Waals surface area (Å²) in [7, 11) is 1.28. The summed E-state index contributed by atoms with van der Waals surface area (Å²) in [5.74, 6) is -1.61. The SMILES string of the molecule is COC(=O)CN=C1N[C@](C)(Cc2ccc(Br)cc2)C(=O)N1c1cc(Cl)cc(Cl)c1.Cc1cc(Cl)cc(N2C(=O)[C@@](C)(Cc3ccc(Br)cc3)NC2=NCC(=O)O)c1. The zero-order valence-corrected chi connectivity index (χ0v) is 36.5. The van der Waals surface area contributed by atoms with Gasteiger partial charge in [0, 0.05) is 36.9 Å². The van der Waals surface area contributed by atoms with E-state index < -0.39 is 29.6 Å². The largest absolute Gasteiger partial charge is 0.480 e. The molecule has 0 aliphatic carbocycles. The van der Waals surface area contributed by atoms with Gasteiger partial charge < -0.3 is 20.5 Å². The summed E-state index contributed by atoms with van der Waals surface area (Å²) in [6.07, 6.45) is 0.836. The highest BCUT2D eigenvalue weighted by molar-refractivity contribution is 9.10. The van der Waals surface area contributed by atoms with Crippen molar-refractivity contribution in [3.05, 3.63) is 126 Å². The Morgan fingerprint density at radius 1 is 0.702 bits per heavy atom. The van der Waals surface area contributed by atoms with Crippen LogP contribution >= 0.6 is 66.7 Å². The standard InChI is InChI=1S/C20H18BrCl2N3O3.C20H19BrClN3O3/c1-20(10-12-3-5-13(21)6-4-12)18(28)26(16-8-14(22)7-15(23)9-16)19(25-20)24-11-17(27)29-2;1-12-7-15(22)9-16(8-12)25-18(28)20(2,24-19(25)23-11-17(26)27)10-13-3-5-14(21)6-4-13/h3-9H,10-11H2,1-2H3,(H,24,25);3-9H,10-11H2,1-2H3,(H,23,24)(H,26,27)/t2*20-/m11/s1. The molecule has 0 aromatic heterocycles. The number of methoxy groups -OCH3 is 1. The van der Waals surface area contributed by atoms with Crippen LogP contribution in [0.4, 0.5) is 11.4 Å². The minimum atomic E-state index is -1.08. The number of nitrogens with one attached hydrogen (secondary N) is 2. The van der Waals surface area contributed by atoms with Gasteiger partial charge in [-0.1, -0.05) is 90.9 Å². The molecule has 0 saturated carbocycles. The first kappa shape index (κ1) is 43.6. The molecule has 0 unspecified atom stereocenters. The van der Waals surface area contributed by atoms with Gasteiger partial charge in [-0.05, 0) is 98.1 Å². The molecule has 2 fully saturated rings. The second-order valence-electron chi connectivity index (χ2n) is 13.7. The molecule has 4 aromatic carbocycles. The third-order valence-electron chi connectivity index (χ3n) is 8.83. The lowest BCUT2D eigenvalue weighted by Gasteiger charge is -2.22. The number of hydrogen-bond donors (Lipinski definition) is 3. The maximum Gasteiger partial charge on any atom is 0.327 e. The average Bonchev–Trinajstić information content (AvgIpc) is 3.54. The van der Waals surface area contributed by atoms with Crippen LogP contribution in [0.5, 0.6) is 0 Å². The van der Waals surface area contributed by atoms with Crippen molar-refractivity contribution in [2.24, 2.45) is 9.98 Å². The monoisotopic (exact) mass is 960 g/mol. The number of esters is 1. The maximum absolute atomic E-state index is 13.4. The third kappa shape index (κ3) is 10.9. The number of rotatable bonds is 10. The highest BCUT2D eigenvalue weighted by atomic mass is 79.9. The van der Waals surface area contributed by atoms with Crippen LogP contribution in [0.15, 0.2) is 104 Å². The van der Waals surface area contributed by atoms with Gasteiger partial charge in [0.2, 0.25) is 11.9 Å². The summed E-state index contributed by atoms with van der Waals surface area (Å²) < 4.78 is 6.55. The van der Waals surface area contributed by atoms with Gasteiger partial charge in [-0.15, -0.1) is 0 Å². The second kappa shape index (κ2) is 18.4. The molecule has 2 heterocycles. The minimum Gasteiger partial charge on any atom is -0.480 e. The van der Waals surface area contributed by atoms with Crippen LogP contribution in [0.3, 0.4) is 0 Å². The number of halogens is 5. The molecule has 0 radical (unpaired) electrons. The molecule has 2 aliphatic rings. The van der Waals surface area contributed by atoms with Crippen LogP contribution in [0, 0.1) is 6.92 Å². The number of guanidine groups is 2. The molecule has 4 aromatic rings.